The summed E-state index contributed by atoms with van der Waals surface area (Å²) in [6, 6.07) is 8.36. The molecule has 0 spiro atoms. The molecule has 1 nitrogen and oxygen atoms in total. The van der Waals surface area contributed by atoms with E-state index in [-0.39, 0.29) is 0 Å². The normalized spacial score (nSPS) is 9.17. The fourth-order valence-electron chi connectivity index (χ4n) is 0.953. The second-order valence-electron chi connectivity index (χ2n) is 2.36. The monoisotopic (exact) mass is 162 g/mol. The first-order valence-corrected chi connectivity index (χ1v) is 3.82. The predicted molar refractivity (Wildman–Crippen MR) is 53.0 cm³/mol. The Labute approximate surface area is 73.7 Å². The van der Waals surface area contributed by atoms with Gasteiger partial charge in [0.1, 0.15) is 6.79 Å². The van der Waals surface area contributed by atoms with Crippen LogP contribution in [0.15, 0.2) is 30.3 Å². The summed E-state index contributed by atoms with van der Waals surface area (Å²) in [4.78, 5) is 8.00. The van der Waals surface area contributed by atoms with Crippen LogP contribution >= 0.6 is 0 Å². The molecule has 0 saturated carbocycles. The van der Waals surface area contributed by atoms with E-state index in [0.717, 1.165) is 0 Å². The predicted octanol–water partition coefficient (Wildman–Crippen LogP) is 2.84. The van der Waals surface area contributed by atoms with E-state index in [1.165, 1.54) is 11.1 Å². The molecule has 0 amide bonds. The van der Waals surface area contributed by atoms with Crippen molar-refractivity contribution in [2.24, 2.45) is 0 Å². The highest BCUT2D eigenvalue weighted by Gasteiger charge is 1.87. The van der Waals surface area contributed by atoms with Crippen LogP contribution in [0.1, 0.15) is 18.1 Å². The molecule has 0 N–H and O–H groups in total. The van der Waals surface area contributed by atoms with Gasteiger partial charge in [-0.05, 0) is 25.0 Å². The van der Waals surface area contributed by atoms with Crippen LogP contribution in [0, 0.1) is 6.92 Å². The molecule has 0 aliphatic rings. The zero-order chi connectivity index (χ0) is 9.40. The van der Waals surface area contributed by atoms with Crippen molar-refractivity contribution in [2.75, 3.05) is 0 Å². The Bertz CT molecular complexity index is 251. The first-order chi connectivity index (χ1) is 5.84. The molecule has 0 fully saturated rings. The molecule has 0 atom stereocenters. The van der Waals surface area contributed by atoms with Crippen molar-refractivity contribution in [3.63, 3.8) is 0 Å². The van der Waals surface area contributed by atoms with E-state index in [9.17, 15) is 0 Å². The van der Waals surface area contributed by atoms with Crippen molar-refractivity contribution in [3.8, 4) is 0 Å². The summed E-state index contributed by atoms with van der Waals surface area (Å²) in [6.07, 6.45) is 4.18. The van der Waals surface area contributed by atoms with Crippen LogP contribution in [-0.4, -0.2) is 6.79 Å². The Morgan fingerprint density at radius 1 is 1.25 bits per heavy atom. The summed E-state index contributed by atoms with van der Waals surface area (Å²) in [5, 5.41) is 0. The summed E-state index contributed by atoms with van der Waals surface area (Å²) in [6.45, 7) is 6.15. The van der Waals surface area contributed by atoms with Crippen LogP contribution in [0.2, 0.25) is 0 Å². The zero-order valence-electron chi connectivity index (χ0n) is 7.58. The molecule has 0 saturated heterocycles. The van der Waals surface area contributed by atoms with Crippen LogP contribution < -0.4 is 0 Å². The molecule has 1 aromatic carbocycles. The maximum atomic E-state index is 8.00. The molecule has 0 radical (unpaired) electrons. The number of rotatable bonds is 1. The highest BCUT2D eigenvalue weighted by molar-refractivity contribution is 5.52. The van der Waals surface area contributed by atoms with Crippen LogP contribution in [0.25, 0.3) is 6.08 Å². The van der Waals surface area contributed by atoms with Gasteiger partial charge in [-0.2, -0.15) is 0 Å². The average molecular weight is 162 g/mol. The molecular weight excluding hydrogens is 148 g/mol. The first kappa shape index (κ1) is 10.6. The van der Waals surface area contributed by atoms with Crippen molar-refractivity contribution in [1.29, 1.82) is 0 Å². The second kappa shape index (κ2) is 6.35. The molecule has 1 heteroatoms. The number of hydrogen-bond acceptors (Lipinski definition) is 1. The summed E-state index contributed by atoms with van der Waals surface area (Å²) < 4.78 is 0. The first-order valence-electron chi connectivity index (χ1n) is 3.82. The lowest BCUT2D eigenvalue weighted by atomic mass is 10.1. The maximum absolute atomic E-state index is 8.00. The fraction of sp³-hybridized carbons (Fsp3) is 0.182. The van der Waals surface area contributed by atoms with Gasteiger partial charge in [-0.15, -0.1) is 0 Å². The van der Waals surface area contributed by atoms with E-state index < -0.39 is 0 Å². The third-order valence-electron chi connectivity index (χ3n) is 1.53. The molecule has 1 aromatic rings. The molecule has 0 aliphatic carbocycles. The number of hydrogen-bond donors (Lipinski definition) is 0. The molecule has 1 rings (SSSR count). The minimum atomic E-state index is 1.31. The summed E-state index contributed by atoms with van der Waals surface area (Å²) in [5.41, 5.74) is 2.64. The number of carbonyl (C=O) groups excluding carboxylic acids is 1. The Hall–Kier alpha value is -1.37. The third-order valence-corrected chi connectivity index (χ3v) is 1.53. The van der Waals surface area contributed by atoms with Crippen LogP contribution in [-0.2, 0) is 4.79 Å². The van der Waals surface area contributed by atoms with Gasteiger partial charge in [0.2, 0.25) is 0 Å². The van der Waals surface area contributed by atoms with Gasteiger partial charge in [-0.25, -0.2) is 0 Å². The average Bonchev–Trinajstić information content (AvgIpc) is 2.13. The van der Waals surface area contributed by atoms with E-state index in [4.69, 9.17) is 4.79 Å². The van der Waals surface area contributed by atoms with Gasteiger partial charge in [-0.1, -0.05) is 36.4 Å². The van der Waals surface area contributed by atoms with Crippen LogP contribution in [0.5, 0.6) is 0 Å². The summed E-state index contributed by atoms with van der Waals surface area (Å²) >= 11 is 0. The lowest BCUT2D eigenvalue weighted by Gasteiger charge is -1.96. The van der Waals surface area contributed by atoms with E-state index >= 15 is 0 Å². The Kier molecular flexibility index (Phi) is 5.62. The maximum Gasteiger partial charge on any atom is 0.106 e. The van der Waals surface area contributed by atoms with Gasteiger partial charge in [0.15, 0.2) is 0 Å². The molecule has 12 heavy (non-hydrogen) atoms. The minimum Gasteiger partial charge on any atom is -0.307 e. The van der Waals surface area contributed by atoms with Gasteiger partial charge in [0.25, 0.3) is 0 Å². The van der Waals surface area contributed by atoms with Crippen molar-refractivity contribution in [2.45, 2.75) is 13.8 Å². The minimum absolute atomic E-state index is 1.31. The largest absolute Gasteiger partial charge is 0.307 e. The van der Waals surface area contributed by atoms with Crippen molar-refractivity contribution in [3.05, 3.63) is 41.5 Å². The van der Waals surface area contributed by atoms with Gasteiger partial charge in [-0.3, -0.25) is 0 Å². The zero-order valence-corrected chi connectivity index (χ0v) is 7.58. The lowest BCUT2D eigenvalue weighted by molar-refractivity contribution is -0.0979. The number of allylic oxidation sites excluding steroid dienone is 1. The third kappa shape index (κ3) is 3.15. The van der Waals surface area contributed by atoms with Gasteiger partial charge in [0, 0.05) is 0 Å². The Balaban J connectivity index is 0.000000561. The second-order valence-corrected chi connectivity index (χ2v) is 2.36. The molecule has 0 aliphatic heterocycles. The molecular formula is C11H14O. The van der Waals surface area contributed by atoms with E-state index in [2.05, 4.69) is 43.3 Å². The summed E-state index contributed by atoms with van der Waals surface area (Å²) in [7, 11) is 0. The fourth-order valence-corrected chi connectivity index (χ4v) is 0.953. The van der Waals surface area contributed by atoms with Crippen LogP contribution in [0.4, 0.5) is 0 Å². The number of carbonyl (C=O) groups is 1. The van der Waals surface area contributed by atoms with E-state index in [1.54, 1.807) is 0 Å². The van der Waals surface area contributed by atoms with Crippen molar-refractivity contribution < 1.29 is 4.79 Å². The van der Waals surface area contributed by atoms with Gasteiger partial charge >= 0.3 is 0 Å². The van der Waals surface area contributed by atoms with Crippen molar-refractivity contribution in [1.82, 2.24) is 0 Å². The van der Waals surface area contributed by atoms with E-state index in [0.29, 0.717) is 0 Å². The molecule has 0 heterocycles. The highest BCUT2D eigenvalue weighted by atomic mass is 16.1. The molecule has 0 bridgehead atoms. The highest BCUT2D eigenvalue weighted by Crippen LogP contribution is 2.07. The Morgan fingerprint density at radius 3 is 2.33 bits per heavy atom. The van der Waals surface area contributed by atoms with Crippen molar-refractivity contribution >= 4 is 12.9 Å². The Morgan fingerprint density at radius 2 is 1.83 bits per heavy atom. The molecule has 64 valence electrons. The SMILES string of the molecule is C/C=C\c1ccccc1C.C=O. The van der Waals surface area contributed by atoms with Gasteiger partial charge in [0.05, 0.1) is 0 Å². The van der Waals surface area contributed by atoms with Crippen LogP contribution in [0.3, 0.4) is 0 Å². The molecule has 0 unspecified atom stereocenters. The smallest absolute Gasteiger partial charge is 0.106 e. The standard InChI is InChI=1S/C10H12.CH2O/c1-3-6-10-8-5-4-7-9(10)2;1-2/h3-8H,1-2H3;1H2/b6-3-;. The number of benzene rings is 1. The van der Waals surface area contributed by atoms with E-state index in [1.807, 2.05) is 13.7 Å². The van der Waals surface area contributed by atoms with Gasteiger partial charge < -0.3 is 4.79 Å². The quantitative estimate of drug-likeness (QED) is 0.620. The summed E-state index contributed by atoms with van der Waals surface area (Å²) in [5.74, 6) is 0. The molecule has 0 aromatic heterocycles. The number of aryl methyl sites for hydroxylation is 1. The topological polar surface area (TPSA) is 17.1 Å². The lowest BCUT2D eigenvalue weighted by Crippen LogP contribution is -1.76.